The van der Waals surface area contributed by atoms with Gasteiger partial charge in [0.15, 0.2) is 5.78 Å². The van der Waals surface area contributed by atoms with Crippen LogP contribution in [0.25, 0.3) is 11.3 Å². The highest BCUT2D eigenvalue weighted by Gasteiger charge is 2.47. The molecule has 1 saturated carbocycles. The summed E-state index contributed by atoms with van der Waals surface area (Å²) in [6, 6.07) is 14.8. The van der Waals surface area contributed by atoms with E-state index in [4.69, 9.17) is 19.4 Å². The minimum atomic E-state index is -2.23. The number of fused-ring (bicyclic) bond motifs is 3. The molecule has 0 unspecified atom stereocenters. The number of hydrogen-bond acceptors (Lipinski definition) is 9. The maximum Gasteiger partial charge on any atom is 0.226 e. The largest absolute Gasteiger partial charge is 0.489 e. The number of aryl methyl sites for hydroxylation is 3. The smallest absolute Gasteiger partial charge is 0.226 e. The van der Waals surface area contributed by atoms with Crippen LogP contribution in [0.2, 0.25) is 0 Å². The second-order valence-corrected chi connectivity index (χ2v) is 12.3. The van der Waals surface area contributed by atoms with Crippen LogP contribution in [0.1, 0.15) is 47.8 Å². The summed E-state index contributed by atoms with van der Waals surface area (Å²) in [7, 11) is 0. The van der Waals surface area contributed by atoms with Crippen LogP contribution < -0.4 is 9.64 Å². The van der Waals surface area contributed by atoms with Gasteiger partial charge < -0.3 is 24.6 Å². The SMILES string of the molecule is CC(=O)C(O)(O)C1CC(OCCN2CCN(c3nc(C)nc4c3CCc3cc(OCc5ccc(C)cc5)ccc3-4)CC2)C1. The van der Waals surface area contributed by atoms with Gasteiger partial charge in [-0.3, -0.25) is 9.69 Å². The Balaban J connectivity index is 1.03. The lowest BCUT2D eigenvalue weighted by Crippen LogP contribution is -2.52. The number of Topliss-reactive ketones (excluding diaryl/α,β-unsaturated/α-hetero) is 1. The molecule has 3 aromatic rings. The monoisotopic (exact) mass is 586 g/mol. The summed E-state index contributed by atoms with van der Waals surface area (Å²) in [5, 5.41) is 19.8. The molecule has 9 nitrogen and oxygen atoms in total. The molecule has 2 aliphatic carbocycles. The molecule has 2 heterocycles. The number of nitrogens with zero attached hydrogens (tertiary/aromatic N) is 4. The third kappa shape index (κ3) is 6.45. The Morgan fingerprint density at radius 1 is 1.00 bits per heavy atom. The number of benzene rings is 2. The molecule has 1 aliphatic heterocycles. The van der Waals surface area contributed by atoms with Crippen LogP contribution in [-0.4, -0.2) is 82.1 Å². The number of aliphatic hydroxyl groups is 2. The van der Waals surface area contributed by atoms with Gasteiger partial charge in [-0.25, -0.2) is 9.97 Å². The van der Waals surface area contributed by atoms with Crippen LogP contribution in [0.3, 0.4) is 0 Å². The Kier molecular flexibility index (Phi) is 8.51. The van der Waals surface area contributed by atoms with Crippen LogP contribution in [0.5, 0.6) is 5.75 Å². The Labute approximate surface area is 253 Å². The van der Waals surface area contributed by atoms with E-state index in [1.807, 2.05) is 6.92 Å². The summed E-state index contributed by atoms with van der Waals surface area (Å²) >= 11 is 0. The lowest BCUT2D eigenvalue weighted by Gasteiger charge is -2.41. The lowest BCUT2D eigenvalue weighted by molar-refractivity contribution is -0.228. The van der Waals surface area contributed by atoms with Gasteiger partial charge in [-0.1, -0.05) is 29.8 Å². The highest BCUT2D eigenvalue weighted by atomic mass is 16.5. The molecule has 228 valence electrons. The zero-order valence-corrected chi connectivity index (χ0v) is 25.4. The first-order chi connectivity index (χ1) is 20.7. The molecule has 0 atom stereocenters. The van der Waals surface area contributed by atoms with Crippen LogP contribution in [0.15, 0.2) is 42.5 Å². The molecule has 0 amide bonds. The van der Waals surface area contributed by atoms with Crippen molar-refractivity contribution in [2.75, 3.05) is 44.2 Å². The maximum atomic E-state index is 11.4. The molecule has 2 aromatic carbocycles. The number of piperazine rings is 1. The fourth-order valence-electron chi connectivity index (χ4n) is 6.35. The fraction of sp³-hybridized carbons (Fsp3) is 0.500. The molecular formula is C34H42N4O5. The predicted molar refractivity (Wildman–Crippen MR) is 164 cm³/mol. The predicted octanol–water partition coefficient (Wildman–Crippen LogP) is 3.63. The van der Waals surface area contributed by atoms with E-state index < -0.39 is 17.5 Å². The summed E-state index contributed by atoms with van der Waals surface area (Å²) in [6.07, 6.45) is 2.83. The van der Waals surface area contributed by atoms with Crippen molar-refractivity contribution in [1.82, 2.24) is 14.9 Å². The van der Waals surface area contributed by atoms with Gasteiger partial charge in [0, 0.05) is 56.7 Å². The molecule has 0 spiro atoms. The minimum Gasteiger partial charge on any atom is -0.489 e. The van der Waals surface area contributed by atoms with E-state index in [-0.39, 0.29) is 6.10 Å². The maximum absolute atomic E-state index is 11.4. The van der Waals surface area contributed by atoms with E-state index in [0.29, 0.717) is 26.1 Å². The van der Waals surface area contributed by atoms with E-state index in [1.54, 1.807) is 0 Å². The summed E-state index contributed by atoms with van der Waals surface area (Å²) < 4.78 is 12.1. The Hall–Kier alpha value is -3.37. The van der Waals surface area contributed by atoms with E-state index in [1.165, 1.54) is 29.2 Å². The Morgan fingerprint density at radius 2 is 1.74 bits per heavy atom. The second-order valence-electron chi connectivity index (χ2n) is 12.3. The van der Waals surface area contributed by atoms with Gasteiger partial charge in [-0.05, 0) is 68.9 Å². The van der Waals surface area contributed by atoms with Gasteiger partial charge in [0.2, 0.25) is 5.79 Å². The Morgan fingerprint density at radius 3 is 2.47 bits per heavy atom. The van der Waals surface area contributed by atoms with Gasteiger partial charge in [-0.2, -0.15) is 0 Å². The van der Waals surface area contributed by atoms with Crippen LogP contribution in [0, 0.1) is 19.8 Å². The minimum absolute atomic E-state index is 0.0152. The number of rotatable bonds is 10. The van der Waals surface area contributed by atoms with Crippen molar-refractivity contribution in [3.8, 4) is 17.0 Å². The van der Waals surface area contributed by atoms with Gasteiger partial charge in [0.1, 0.15) is 24.0 Å². The average Bonchev–Trinajstić information content (AvgIpc) is 2.97. The van der Waals surface area contributed by atoms with Crippen LogP contribution in [-0.2, 0) is 29.0 Å². The zero-order valence-electron chi connectivity index (χ0n) is 25.4. The van der Waals surface area contributed by atoms with Crippen molar-refractivity contribution >= 4 is 11.6 Å². The first kappa shape index (κ1) is 29.7. The van der Waals surface area contributed by atoms with Crippen LogP contribution in [0.4, 0.5) is 5.82 Å². The van der Waals surface area contributed by atoms with E-state index in [0.717, 1.165) is 74.2 Å². The first-order valence-corrected chi connectivity index (χ1v) is 15.4. The van der Waals surface area contributed by atoms with Crippen molar-refractivity contribution in [3.63, 3.8) is 0 Å². The number of ether oxygens (including phenoxy) is 2. The molecule has 3 aliphatic rings. The molecule has 0 bridgehead atoms. The summed E-state index contributed by atoms with van der Waals surface area (Å²) in [5.41, 5.74) is 7.13. The van der Waals surface area contributed by atoms with Crippen molar-refractivity contribution < 1.29 is 24.5 Å². The normalized spacial score (nSPS) is 20.3. The third-order valence-corrected chi connectivity index (χ3v) is 9.21. The van der Waals surface area contributed by atoms with Gasteiger partial charge >= 0.3 is 0 Å². The highest BCUT2D eigenvalue weighted by molar-refractivity contribution is 5.83. The van der Waals surface area contributed by atoms with Crippen molar-refractivity contribution in [2.45, 2.75) is 65.0 Å². The summed E-state index contributed by atoms with van der Waals surface area (Å²) in [5.74, 6) is -0.534. The number of aromatic nitrogens is 2. The number of carbonyl (C=O) groups is 1. The first-order valence-electron chi connectivity index (χ1n) is 15.4. The summed E-state index contributed by atoms with van der Waals surface area (Å²) in [6.45, 7) is 10.9. The fourth-order valence-corrected chi connectivity index (χ4v) is 6.35. The molecule has 6 rings (SSSR count). The molecule has 1 saturated heterocycles. The number of ketones is 1. The zero-order chi connectivity index (χ0) is 30.1. The molecule has 1 aromatic heterocycles. The molecule has 2 fully saturated rings. The standard InChI is InChI=1S/C34H42N4O5/c1-22-4-6-25(7-5-22)21-43-28-9-11-30-26(18-28)8-10-31-32(30)35-24(3)36-33(31)38-14-12-37(13-15-38)16-17-42-29-19-27(20-29)34(40,41)23(2)39/h4-7,9,11,18,27,29,40-41H,8,10,12-17,19-21H2,1-3H3. The molecule has 0 radical (unpaired) electrons. The highest BCUT2D eigenvalue weighted by Crippen LogP contribution is 2.39. The number of anilines is 1. The van der Waals surface area contributed by atoms with E-state index in [2.05, 4.69) is 59.2 Å². The van der Waals surface area contributed by atoms with E-state index >= 15 is 0 Å². The topological polar surface area (TPSA) is 108 Å². The van der Waals surface area contributed by atoms with Crippen molar-refractivity contribution in [1.29, 1.82) is 0 Å². The van der Waals surface area contributed by atoms with E-state index in [9.17, 15) is 15.0 Å². The quantitative estimate of drug-likeness (QED) is 0.345. The number of hydrogen-bond donors (Lipinski definition) is 2. The molecule has 9 heteroatoms. The summed E-state index contributed by atoms with van der Waals surface area (Å²) in [4.78, 5) is 26.0. The Bertz CT molecular complexity index is 1460. The molecule has 2 N–H and O–H groups in total. The van der Waals surface area contributed by atoms with Crippen molar-refractivity contribution in [3.05, 3.63) is 70.5 Å². The second kappa shape index (κ2) is 12.3. The lowest BCUT2D eigenvalue weighted by atomic mass is 9.75. The average molecular weight is 587 g/mol. The molecular weight excluding hydrogens is 544 g/mol. The number of carbonyl (C=O) groups excluding carboxylic acids is 1. The molecule has 43 heavy (non-hydrogen) atoms. The third-order valence-electron chi connectivity index (χ3n) is 9.21. The van der Waals surface area contributed by atoms with Crippen LogP contribution >= 0.6 is 0 Å². The van der Waals surface area contributed by atoms with Gasteiger partial charge in [-0.15, -0.1) is 0 Å². The van der Waals surface area contributed by atoms with Gasteiger partial charge in [0.05, 0.1) is 18.4 Å². The van der Waals surface area contributed by atoms with Crippen molar-refractivity contribution in [2.24, 2.45) is 5.92 Å². The van der Waals surface area contributed by atoms with Gasteiger partial charge in [0.25, 0.3) is 0 Å².